The molecule has 1 aliphatic heterocycles. The van der Waals surface area contributed by atoms with Gasteiger partial charge in [-0.15, -0.1) is 0 Å². The highest BCUT2D eigenvalue weighted by atomic mass is 15.7. The minimum atomic E-state index is 0.597. The SMILES string of the molecule is C1N=NNN1. The first-order valence-electron chi connectivity index (χ1n) is 1.34. The van der Waals surface area contributed by atoms with E-state index in [0.717, 1.165) is 0 Å². The second kappa shape index (κ2) is 0.984. The lowest BCUT2D eigenvalue weighted by molar-refractivity contribution is 0.651. The monoisotopic (exact) mass is 72.0 g/mol. The Morgan fingerprint density at radius 1 is 1.60 bits per heavy atom. The van der Waals surface area contributed by atoms with Gasteiger partial charge in [-0.05, 0) is 0 Å². The Bertz CT molecular complexity index is 41.6. The quantitative estimate of drug-likeness (QED) is 0.402. The van der Waals surface area contributed by atoms with E-state index in [2.05, 4.69) is 21.3 Å². The van der Waals surface area contributed by atoms with Crippen LogP contribution in [-0.2, 0) is 0 Å². The second-order valence-electron chi connectivity index (χ2n) is 0.688. The van der Waals surface area contributed by atoms with Gasteiger partial charge in [-0.25, -0.2) is 5.53 Å². The summed E-state index contributed by atoms with van der Waals surface area (Å²) in [6.07, 6.45) is 0. The zero-order valence-electron chi connectivity index (χ0n) is 2.60. The van der Waals surface area contributed by atoms with Gasteiger partial charge in [-0.2, -0.15) is 10.5 Å². The van der Waals surface area contributed by atoms with Crippen molar-refractivity contribution in [3.8, 4) is 0 Å². The molecule has 1 heterocycles. The summed E-state index contributed by atoms with van der Waals surface area (Å²) in [4.78, 5) is 0. The Morgan fingerprint density at radius 3 is 2.80 bits per heavy atom. The first-order chi connectivity index (χ1) is 2.50. The maximum absolute atomic E-state index is 3.49. The molecule has 4 nitrogen and oxygen atoms in total. The lowest BCUT2D eigenvalue weighted by atomic mass is 11.2. The third-order valence-corrected chi connectivity index (χ3v) is 0.350. The number of rotatable bonds is 0. The van der Waals surface area contributed by atoms with Crippen LogP contribution in [0.25, 0.3) is 0 Å². The molecule has 0 amide bonds. The Hall–Kier alpha value is -0.640. The zero-order valence-corrected chi connectivity index (χ0v) is 2.60. The standard InChI is InChI=1S/CH4N4/c1-2-4-5-3-1/h1H2,(H,2,5)(H,3,4). The van der Waals surface area contributed by atoms with Crippen LogP contribution in [0, 0.1) is 0 Å². The van der Waals surface area contributed by atoms with E-state index >= 15 is 0 Å². The molecule has 4 heteroatoms. The van der Waals surface area contributed by atoms with Crippen molar-refractivity contribution in [1.82, 2.24) is 11.0 Å². The maximum atomic E-state index is 3.49. The molecule has 0 spiro atoms. The van der Waals surface area contributed by atoms with E-state index in [1.54, 1.807) is 0 Å². The van der Waals surface area contributed by atoms with Crippen molar-refractivity contribution in [2.24, 2.45) is 10.3 Å². The summed E-state index contributed by atoms with van der Waals surface area (Å²) in [7, 11) is 0. The number of nitrogens with zero attached hydrogens (tertiary/aromatic N) is 2. The summed E-state index contributed by atoms with van der Waals surface area (Å²) in [6, 6.07) is 0. The van der Waals surface area contributed by atoms with Crippen LogP contribution < -0.4 is 11.0 Å². The van der Waals surface area contributed by atoms with Gasteiger partial charge in [0.15, 0.2) is 0 Å². The number of hydrogen-bond donors (Lipinski definition) is 2. The summed E-state index contributed by atoms with van der Waals surface area (Å²) in [5.74, 6) is 0. The predicted octanol–water partition coefficient (Wildman–Crippen LogP) is -0.581. The third-order valence-electron chi connectivity index (χ3n) is 0.350. The first kappa shape index (κ1) is 2.59. The van der Waals surface area contributed by atoms with E-state index in [0.29, 0.717) is 6.67 Å². The zero-order chi connectivity index (χ0) is 3.54. The molecular weight excluding hydrogens is 68.0 g/mol. The molecule has 1 rings (SSSR count). The van der Waals surface area contributed by atoms with E-state index in [1.165, 1.54) is 0 Å². The molecule has 0 radical (unpaired) electrons. The van der Waals surface area contributed by atoms with Gasteiger partial charge in [0.1, 0.15) is 6.67 Å². The van der Waals surface area contributed by atoms with Gasteiger partial charge >= 0.3 is 0 Å². The topological polar surface area (TPSA) is 48.8 Å². The van der Waals surface area contributed by atoms with Crippen molar-refractivity contribution in [3.05, 3.63) is 0 Å². The molecule has 0 aromatic carbocycles. The highest BCUT2D eigenvalue weighted by Crippen LogP contribution is 1.68. The van der Waals surface area contributed by atoms with Crippen LogP contribution in [0.1, 0.15) is 0 Å². The van der Waals surface area contributed by atoms with Gasteiger partial charge in [-0.1, -0.05) is 5.22 Å². The molecule has 0 fully saturated rings. The molecule has 0 atom stereocenters. The number of nitrogens with one attached hydrogen (secondary N) is 2. The second-order valence-corrected chi connectivity index (χ2v) is 0.688. The molecule has 0 unspecified atom stereocenters. The van der Waals surface area contributed by atoms with Crippen LogP contribution in [0.5, 0.6) is 0 Å². The fourth-order valence-electron chi connectivity index (χ4n) is 0.177. The first-order valence-corrected chi connectivity index (χ1v) is 1.34. The van der Waals surface area contributed by atoms with Gasteiger partial charge in [0.2, 0.25) is 0 Å². The Kier molecular flexibility index (Phi) is 0.510. The maximum Gasteiger partial charge on any atom is 0.130 e. The highest BCUT2D eigenvalue weighted by molar-refractivity contribution is 4.31. The largest absolute Gasteiger partial charge is 0.223 e. The smallest absolute Gasteiger partial charge is 0.130 e. The summed E-state index contributed by atoms with van der Waals surface area (Å²) in [5.41, 5.74) is 5.07. The van der Waals surface area contributed by atoms with Crippen molar-refractivity contribution in [2.45, 2.75) is 0 Å². The van der Waals surface area contributed by atoms with Crippen LogP contribution in [-0.4, -0.2) is 6.67 Å². The lowest BCUT2D eigenvalue weighted by Crippen LogP contribution is -2.19. The molecule has 0 aromatic rings. The number of hydrogen-bond acceptors (Lipinski definition) is 4. The molecule has 0 bridgehead atoms. The molecule has 1 aliphatic rings. The molecule has 28 valence electrons. The normalized spacial score (nSPS) is 19.2. The molecule has 2 N–H and O–H groups in total. The van der Waals surface area contributed by atoms with E-state index in [1.807, 2.05) is 0 Å². The molecule has 0 aromatic heterocycles. The van der Waals surface area contributed by atoms with Crippen molar-refractivity contribution in [3.63, 3.8) is 0 Å². The van der Waals surface area contributed by atoms with Crippen molar-refractivity contribution >= 4 is 0 Å². The Labute approximate surface area is 29.2 Å². The molecule has 5 heavy (non-hydrogen) atoms. The predicted molar refractivity (Wildman–Crippen MR) is 16.0 cm³/mol. The van der Waals surface area contributed by atoms with Crippen LogP contribution >= 0.6 is 0 Å². The minimum Gasteiger partial charge on any atom is -0.223 e. The number of hydrazine groups is 1. The molecular formula is CH4N4. The average Bonchev–Trinajstić information content (AvgIpc) is 1.76. The van der Waals surface area contributed by atoms with Crippen molar-refractivity contribution in [1.29, 1.82) is 0 Å². The van der Waals surface area contributed by atoms with E-state index in [4.69, 9.17) is 0 Å². The van der Waals surface area contributed by atoms with Gasteiger partial charge < -0.3 is 0 Å². The van der Waals surface area contributed by atoms with Gasteiger partial charge in [0.25, 0.3) is 0 Å². The Morgan fingerprint density at radius 2 is 2.60 bits per heavy atom. The van der Waals surface area contributed by atoms with Gasteiger partial charge in [0, 0.05) is 0 Å². The van der Waals surface area contributed by atoms with Crippen molar-refractivity contribution < 1.29 is 0 Å². The average molecular weight is 72.1 g/mol. The summed E-state index contributed by atoms with van der Waals surface area (Å²) in [5, 5.41) is 6.83. The lowest BCUT2D eigenvalue weighted by Gasteiger charge is -1.77. The van der Waals surface area contributed by atoms with Crippen LogP contribution in [0.4, 0.5) is 0 Å². The van der Waals surface area contributed by atoms with E-state index < -0.39 is 0 Å². The summed E-state index contributed by atoms with van der Waals surface area (Å²) in [6.45, 7) is 0.597. The molecule has 0 aliphatic carbocycles. The fraction of sp³-hybridized carbons (Fsp3) is 1.00. The molecule has 0 saturated carbocycles. The minimum absolute atomic E-state index is 0.597. The van der Waals surface area contributed by atoms with E-state index in [-0.39, 0.29) is 0 Å². The third kappa shape index (κ3) is 0.327. The van der Waals surface area contributed by atoms with Crippen LogP contribution in [0.3, 0.4) is 0 Å². The van der Waals surface area contributed by atoms with Crippen LogP contribution in [0.2, 0.25) is 0 Å². The molecule has 0 saturated heterocycles. The Balaban J connectivity index is 2.32. The summed E-state index contributed by atoms with van der Waals surface area (Å²) >= 11 is 0. The van der Waals surface area contributed by atoms with Gasteiger partial charge in [-0.3, -0.25) is 0 Å². The fourth-order valence-corrected chi connectivity index (χ4v) is 0.177. The van der Waals surface area contributed by atoms with E-state index in [9.17, 15) is 0 Å². The van der Waals surface area contributed by atoms with Crippen LogP contribution in [0.15, 0.2) is 10.3 Å². The van der Waals surface area contributed by atoms with Gasteiger partial charge in [0.05, 0.1) is 0 Å². The summed E-state index contributed by atoms with van der Waals surface area (Å²) < 4.78 is 0. The highest BCUT2D eigenvalue weighted by Gasteiger charge is 1.81. The van der Waals surface area contributed by atoms with Crippen molar-refractivity contribution in [2.75, 3.05) is 6.67 Å².